The van der Waals surface area contributed by atoms with Crippen LogP contribution in [0.2, 0.25) is 0 Å². The molecule has 92 valence electrons. The molecule has 17 heavy (non-hydrogen) atoms. The Kier molecular flexibility index (Phi) is 3.33. The van der Waals surface area contributed by atoms with E-state index in [1.807, 2.05) is 24.3 Å². The lowest BCUT2D eigenvalue weighted by Gasteiger charge is -2.05. The molecule has 0 saturated heterocycles. The van der Waals surface area contributed by atoms with Crippen molar-refractivity contribution in [2.24, 2.45) is 5.73 Å². The fourth-order valence-electron chi connectivity index (χ4n) is 1.84. The van der Waals surface area contributed by atoms with Crippen molar-refractivity contribution in [2.75, 3.05) is 12.3 Å². The number of rotatable bonds is 3. The summed E-state index contributed by atoms with van der Waals surface area (Å²) in [4.78, 5) is 0. The third-order valence-corrected chi connectivity index (χ3v) is 3.34. The maximum atomic E-state index is 12.0. The van der Waals surface area contributed by atoms with Crippen LogP contribution >= 0.6 is 11.8 Å². The number of nitrogens with zero attached hydrogens (tertiary/aromatic N) is 1. The Hall–Kier alpha value is -1.17. The Morgan fingerprint density at radius 3 is 2.65 bits per heavy atom. The average Bonchev–Trinajstić information content (AvgIpc) is 2.55. The molecule has 1 aromatic carbocycles. The summed E-state index contributed by atoms with van der Waals surface area (Å²) >= 11 is -0.00937. The largest absolute Gasteiger partial charge is 0.441 e. The van der Waals surface area contributed by atoms with Crippen LogP contribution in [0.5, 0.6) is 0 Å². The van der Waals surface area contributed by atoms with Crippen LogP contribution in [0.3, 0.4) is 0 Å². The highest BCUT2D eigenvalue weighted by molar-refractivity contribution is 8.00. The van der Waals surface area contributed by atoms with Crippen LogP contribution in [0.1, 0.15) is 11.1 Å². The van der Waals surface area contributed by atoms with E-state index in [4.69, 9.17) is 5.73 Å². The molecule has 6 heteroatoms. The maximum absolute atomic E-state index is 12.0. The second kappa shape index (κ2) is 4.60. The van der Waals surface area contributed by atoms with E-state index in [0.29, 0.717) is 18.9 Å². The molecule has 0 spiro atoms. The van der Waals surface area contributed by atoms with E-state index in [1.165, 1.54) is 0 Å². The van der Waals surface area contributed by atoms with Gasteiger partial charge in [0.15, 0.2) is 0 Å². The molecule has 1 aromatic rings. The maximum Gasteiger partial charge on any atom is 0.441 e. The number of amidine groups is 1. The molecule has 0 amide bonds. The van der Waals surface area contributed by atoms with Crippen molar-refractivity contribution in [1.82, 2.24) is 0 Å². The van der Waals surface area contributed by atoms with Gasteiger partial charge in [0.05, 0.1) is 12.1 Å². The summed E-state index contributed by atoms with van der Waals surface area (Å²) < 4.78 is 37.8. The lowest BCUT2D eigenvalue weighted by molar-refractivity contribution is -0.535. The normalized spacial score (nSPS) is 15.2. The van der Waals surface area contributed by atoms with Gasteiger partial charge in [0.2, 0.25) is 0 Å². The fourth-order valence-corrected chi connectivity index (χ4v) is 2.38. The van der Waals surface area contributed by atoms with E-state index in [0.717, 1.165) is 11.1 Å². The summed E-state index contributed by atoms with van der Waals surface area (Å²) in [5.41, 5.74) is 3.73. The molecule has 0 atom stereocenters. The van der Waals surface area contributed by atoms with E-state index in [1.54, 1.807) is 4.58 Å². The van der Waals surface area contributed by atoms with Crippen LogP contribution in [0, 0.1) is 0 Å². The quantitative estimate of drug-likeness (QED) is 0.845. The van der Waals surface area contributed by atoms with Gasteiger partial charge in [-0.1, -0.05) is 18.2 Å². The lowest BCUT2D eigenvalue weighted by atomic mass is 10.1. The first-order valence-corrected chi connectivity index (χ1v) is 6.12. The summed E-state index contributed by atoms with van der Waals surface area (Å²) in [5, 5.41) is 0. The Labute approximate surface area is 101 Å². The minimum atomic E-state index is -4.17. The number of fused-ring (bicyclic) bond motifs is 1. The van der Waals surface area contributed by atoms with Crippen molar-refractivity contribution >= 4 is 17.6 Å². The van der Waals surface area contributed by atoms with Crippen LogP contribution in [0.25, 0.3) is 0 Å². The van der Waals surface area contributed by atoms with E-state index in [9.17, 15) is 13.2 Å². The van der Waals surface area contributed by atoms with Gasteiger partial charge in [-0.05, 0) is 17.8 Å². The number of nitrogens with two attached hydrogens (primary N) is 1. The third-order valence-electron chi connectivity index (χ3n) is 2.62. The molecule has 0 saturated carbocycles. The zero-order chi connectivity index (χ0) is 12.5. The molecule has 2 nitrogen and oxygen atoms in total. The Bertz CT molecular complexity index is 454. The highest BCUT2D eigenvalue weighted by atomic mass is 32.2. The fraction of sp³-hybridized carbons (Fsp3) is 0.364. The standard InChI is InChI=1S/C11H11F3N2S/c12-11(13,14)17-6-5-16-7-8-3-1-2-4-9(8)10(16)15/h1-4,15H,5-7H2/p+1. The van der Waals surface area contributed by atoms with Crippen molar-refractivity contribution in [1.29, 1.82) is 0 Å². The van der Waals surface area contributed by atoms with Crippen molar-refractivity contribution in [3.63, 3.8) is 0 Å². The average molecular weight is 261 g/mol. The van der Waals surface area contributed by atoms with Crippen molar-refractivity contribution < 1.29 is 17.7 Å². The number of alkyl halides is 3. The van der Waals surface area contributed by atoms with Crippen molar-refractivity contribution in [3.8, 4) is 0 Å². The second-order valence-electron chi connectivity index (χ2n) is 3.76. The van der Waals surface area contributed by atoms with Gasteiger partial charge in [-0.3, -0.25) is 10.3 Å². The first kappa shape index (κ1) is 12.3. The Morgan fingerprint density at radius 1 is 1.29 bits per heavy atom. The monoisotopic (exact) mass is 261 g/mol. The van der Waals surface area contributed by atoms with Gasteiger partial charge < -0.3 is 0 Å². The minimum absolute atomic E-state index is 0.00180. The van der Waals surface area contributed by atoms with Crippen LogP contribution < -0.4 is 5.73 Å². The number of thioether (sulfide) groups is 1. The predicted octanol–water partition coefficient (Wildman–Crippen LogP) is 2.17. The smallest absolute Gasteiger partial charge is 0.287 e. The SMILES string of the molecule is NC1=[N+](CCSC(F)(F)F)Cc2ccccc21. The van der Waals surface area contributed by atoms with E-state index in [-0.39, 0.29) is 17.5 Å². The number of benzene rings is 1. The summed E-state index contributed by atoms with van der Waals surface area (Å²) in [6.07, 6.45) is 0. The van der Waals surface area contributed by atoms with Crippen LogP contribution in [-0.4, -0.2) is 28.2 Å². The summed E-state index contributed by atoms with van der Waals surface area (Å²) in [6.45, 7) is 0.908. The molecule has 1 aliphatic rings. The molecule has 2 N–H and O–H groups in total. The van der Waals surface area contributed by atoms with E-state index < -0.39 is 5.51 Å². The molecule has 0 radical (unpaired) electrons. The van der Waals surface area contributed by atoms with Crippen molar-refractivity contribution in [3.05, 3.63) is 35.4 Å². The Balaban J connectivity index is 1.99. The van der Waals surface area contributed by atoms with Gasteiger partial charge in [0.25, 0.3) is 5.84 Å². The molecule has 0 aliphatic carbocycles. The van der Waals surface area contributed by atoms with Gasteiger partial charge in [-0.2, -0.15) is 13.2 Å². The third kappa shape index (κ3) is 2.94. The number of hydrogen-bond donors (Lipinski definition) is 1. The molecule has 1 aliphatic heterocycles. The van der Waals surface area contributed by atoms with Crippen LogP contribution in [0.4, 0.5) is 13.2 Å². The first-order valence-electron chi connectivity index (χ1n) is 5.14. The molecule has 0 bridgehead atoms. The summed E-state index contributed by atoms with van der Waals surface area (Å²) in [5.74, 6) is 0.571. The van der Waals surface area contributed by atoms with E-state index in [2.05, 4.69) is 0 Å². The Morgan fingerprint density at radius 2 is 2.00 bits per heavy atom. The van der Waals surface area contributed by atoms with Gasteiger partial charge in [-0.15, -0.1) is 0 Å². The van der Waals surface area contributed by atoms with Gasteiger partial charge in [0.1, 0.15) is 6.54 Å². The van der Waals surface area contributed by atoms with Gasteiger partial charge >= 0.3 is 5.51 Å². The van der Waals surface area contributed by atoms with Gasteiger partial charge in [-0.25, -0.2) is 0 Å². The number of hydrogen-bond acceptors (Lipinski definition) is 2. The molecule has 1 heterocycles. The lowest BCUT2D eigenvalue weighted by Crippen LogP contribution is -2.25. The summed E-state index contributed by atoms with van der Waals surface area (Å²) in [6, 6.07) is 7.61. The topological polar surface area (TPSA) is 29.0 Å². The highest BCUT2D eigenvalue weighted by Gasteiger charge is 2.29. The molecule has 2 rings (SSSR count). The molecule has 0 fully saturated rings. The minimum Gasteiger partial charge on any atom is -0.287 e. The zero-order valence-corrected chi connectivity index (χ0v) is 9.81. The van der Waals surface area contributed by atoms with Crippen LogP contribution in [0.15, 0.2) is 24.3 Å². The zero-order valence-electron chi connectivity index (χ0n) is 9.00. The van der Waals surface area contributed by atoms with Gasteiger partial charge in [0, 0.05) is 11.3 Å². The predicted molar refractivity (Wildman–Crippen MR) is 62.1 cm³/mol. The number of halogens is 3. The molecular formula is C11H12F3N2S+. The van der Waals surface area contributed by atoms with Crippen LogP contribution in [-0.2, 0) is 6.54 Å². The molecular weight excluding hydrogens is 249 g/mol. The molecule has 0 unspecified atom stereocenters. The first-order chi connectivity index (χ1) is 7.97. The second-order valence-corrected chi connectivity index (χ2v) is 4.92. The highest BCUT2D eigenvalue weighted by Crippen LogP contribution is 2.30. The van der Waals surface area contributed by atoms with E-state index >= 15 is 0 Å². The molecule has 0 aromatic heterocycles. The summed E-state index contributed by atoms with van der Waals surface area (Å²) in [7, 11) is 0. The van der Waals surface area contributed by atoms with Crippen molar-refractivity contribution in [2.45, 2.75) is 12.1 Å².